The van der Waals surface area contributed by atoms with Gasteiger partial charge < -0.3 is 4.90 Å². The largest absolute Gasteiger partial charge is 0.341 e. The Bertz CT molecular complexity index is 858. The Hall–Kier alpha value is -1.69. The molecule has 3 aromatic heterocycles. The van der Waals surface area contributed by atoms with Gasteiger partial charge in [0.2, 0.25) is 5.95 Å². The summed E-state index contributed by atoms with van der Waals surface area (Å²) in [5, 5.41) is 5.72. The zero-order chi connectivity index (χ0) is 14.7. The van der Waals surface area contributed by atoms with Crippen LogP contribution in [0, 0.1) is 5.92 Å². The van der Waals surface area contributed by atoms with Gasteiger partial charge in [-0.15, -0.1) is 11.3 Å². The van der Waals surface area contributed by atoms with E-state index in [2.05, 4.69) is 21.9 Å². The van der Waals surface area contributed by atoms with E-state index in [1.54, 1.807) is 6.33 Å². The van der Waals surface area contributed by atoms with Crippen molar-refractivity contribution < 1.29 is 0 Å². The van der Waals surface area contributed by atoms with Crippen LogP contribution in [0.15, 0.2) is 6.33 Å². The second-order valence-corrected chi connectivity index (χ2v) is 7.72. The quantitative estimate of drug-likeness (QED) is 0.693. The summed E-state index contributed by atoms with van der Waals surface area (Å²) in [4.78, 5) is 14.6. The average molecular weight is 313 g/mol. The number of aryl methyl sites for hydroxylation is 1. The number of nitrogens with zero attached hydrogens (tertiary/aromatic N) is 5. The fraction of sp³-hybridized carbons (Fsp3) is 0.562. The third-order valence-electron chi connectivity index (χ3n) is 5.04. The first-order valence-corrected chi connectivity index (χ1v) is 9.02. The maximum atomic E-state index is 4.99. The third kappa shape index (κ3) is 1.73. The van der Waals surface area contributed by atoms with Crippen molar-refractivity contribution in [3.8, 4) is 0 Å². The molecule has 1 fully saturated rings. The molecule has 2 aliphatic rings. The number of fused-ring (bicyclic) bond motifs is 5. The zero-order valence-electron chi connectivity index (χ0n) is 12.7. The van der Waals surface area contributed by atoms with Crippen LogP contribution in [0.2, 0.25) is 0 Å². The van der Waals surface area contributed by atoms with E-state index >= 15 is 0 Å². The zero-order valence-corrected chi connectivity index (χ0v) is 13.6. The van der Waals surface area contributed by atoms with Crippen LogP contribution in [0.3, 0.4) is 0 Å². The molecule has 0 unspecified atom stereocenters. The predicted octanol–water partition coefficient (Wildman–Crippen LogP) is 3.06. The highest BCUT2D eigenvalue weighted by molar-refractivity contribution is 7.19. The van der Waals surface area contributed by atoms with Crippen molar-refractivity contribution in [1.82, 2.24) is 19.6 Å². The van der Waals surface area contributed by atoms with E-state index in [0.717, 1.165) is 41.9 Å². The van der Waals surface area contributed by atoms with Gasteiger partial charge in [0.1, 0.15) is 11.2 Å². The Morgan fingerprint density at radius 3 is 3.00 bits per heavy atom. The van der Waals surface area contributed by atoms with Crippen LogP contribution in [0.1, 0.15) is 36.6 Å². The molecule has 0 amide bonds. The molecule has 0 spiro atoms. The lowest BCUT2D eigenvalue weighted by atomic mass is 9.89. The molecule has 6 heteroatoms. The number of thiophene rings is 1. The summed E-state index contributed by atoms with van der Waals surface area (Å²) in [5.41, 5.74) is 2.48. The Balaban J connectivity index is 1.81. The number of aromatic nitrogens is 4. The van der Waals surface area contributed by atoms with Crippen LogP contribution in [0.4, 0.5) is 5.95 Å². The maximum Gasteiger partial charge on any atom is 0.229 e. The summed E-state index contributed by atoms with van der Waals surface area (Å²) in [6.45, 7) is 4.50. The highest BCUT2D eigenvalue weighted by Crippen LogP contribution is 2.39. The second-order valence-electron chi connectivity index (χ2n) is 6.63. The van der Waals surface area contributed by atoms with Crippen molar-refractivity contribution in [1.29, 1.82) is 0 Å². The van der Waals surface area contributed by atoms with Crippen molar-refractivity contribution in [2.45, 2.75) is 39.0 Å². The average Bonchev–Trinajstić information content (AvgIpc) is 3.24. The molecular formula is C16H19N5S. The van der Waals surface area contributed by atoms with E-state index in [1.807, 2.05) is 15.9 Å². The van der Waals surface area contributed by atoms with Crippen LogP contribution >= 0.6 is 11.3 Å². The number of hydrogen-bond donors (Lipinski definition) is 0. The summed E-state index contributed by atoms with van der Waals surface area (Å²) in [6.07, 6.45) is 7.80. The lowest BCUT2D eigenvalue weighted by Crippen LogP contribution is -2.22. The van der Waals surface area contributed by atoms with Gasteiger partial charge in [-0.2, -0.15) is 9.61 Å². The molecule has 5 nitrogen and oxygen atoms in total. The topological polar surface area (TPSA) is 46.3 Å². The number of hydrogen-bond acceptors (Lipinski definition) is 5. The van der Waals surface area contributed by atoms with Crippen molar-refractivity contribution in [2.75, 3.05) is 18.0 Å². The molecular weight excluding hydrogens is 294 g/mol. The molecule has 0 aromatic carbocycles. The summed E-state index contributed by atoms with van der Waals surface area (Å²) in [5.74, 6) is 1.73. The van der Waals surface area contributed by atoms with Gasteiger partial charge in [0, 0.05) is 18.0 Å². The van der Waals surface area contributed by atoms with Gasteiger partial charge in [-0.3, -0.25) is 0 Å². The fourth-order valence-electron chi connectivity index (χ4n) is 3.87. The van der Waals surface area contributed by atoms with Crippen LogP contribution < -0.4 is 4.90 Å². The minimum absolute atomic E-state index is 0.756. The van der Waals surface area contributed by atoms with Crippen LogP contribution in [0.25, 0.3) is 15.9 Å². The maximum absolute atomic E-state index is 4.99. The number of rotatable bonds is 1. The lowest BCUT2D eigenvalue weighted by Gasteiger charge is -2.19. The first-order chi connectivity index (χ1) is 10.8. The van der Waals surface area contributed by atoms with Crippen molar-refractivity contribution in [3.63, 3.8) is 0 Å². The van der Waals surface area contributed by atoms with Gasteiger partial charge >= 0.3 is 0 Å². The SMILES string of the molecule is C[C@H]1CCc2sc3nc(N4CCCC4)n4ncnc4c3c2C1. The minimum Gasteiger partial charge on any atom is -0.341 e. The van der Waals surface area contributed by atoms with Gasteiger partial charge in [0.25, 0.3) is 0 Å². The van der Waals surface area contributed by atoms with Crippen molar-refractivity contribution >= 4 is 33.1 Å². The molecule has 0 N–H and O–H groups in total. The highest BCUT2D eigenvalue weighted by Gasteiger charge is 2.26. The number of anilines is 1. The van der Waals surface area contributed by atoms with E-state index in [4.69, 9.17) is 4.98 Å². The fourth-order valence-corrected chi connectivity index (χ4v) is 5.08. The normalized spacial score (nSPS) is 21.9. The van der Waals surface area contributed by atoms with Gasteiger partial charge in [-0.05, 0) is 43.6 Å². The highest BCUT2D eigenvalue weighted by atomic mass is 32.1. The van der Waals surface area contributed by atoms with E-state index in [9.17, 15) is 0 Å². The molecule has 0 bridgehead atoms. The van der Waals surface area contributed by atoms with Crippen molar-refractivity contribution in [2.24, 2.45) is 5.92 Å². The smallest absolute Gasteiger partial charge is 0.229 e. The predicted molar refractivity (Wildman–Crippen MR) is 88.8 cm³/mol. The van der Waals surface area contributed by atoms with Crippen LogP contribution in [-0.2, 0) is 12.8 Å². The van der Waals surface area contributed by atoms with E-state index in [0.29, 0.717) is 0 Å². The standard InChI is InChI=1S/C16H19N5S/c1-10-4-5-12-11(8-10)13-14-17-9-18-21(14)16(19-15(13)22-12)20-6-2-3-7-20/h9-10H,2-8H2,1H3/t10-/m0/s1. The van der Waals surface area contributed by atoms with Crippen molar-refractivity contribution in [3.05, 3.63) is 16.8 Å². The molecule has 0 radical (unpaired) electrons. The van der Waals surface area contributed by atoms with Gasteiger partial charge in [-0.25, -0.2) is 9.97 Å². The Morgan fingerprint density at radius 2 is 2.14 bits per heavy atom. The van der Waals surface area contributed by atoms with Gasteiger partial charge in [0.15, 0.2) is 5.65 Å². The first kappa shape index (κ1) is 12.8. The summed E-state index contributed by atoms with van der Waals surface area (Å²) < 4.78 is 1.96. The Kier molecular flexibility index (Phi) is 2.71. The lowest BCUT2D eigenvalue weighted by molar-refractivity contribution is 0.508. The molecule has 3 aromatic rings. The van der Waals surface area contributed by atoms with Gasteiger partial charge in [-0.1, -0.05) is 6.92 Å². The van der Waals surface area contributed by atoms with Crippen LogP contribution in [0.5, 0.6) is 0 Å². The monoisotopic (exact) mass is 313 g/mol. The molecule has 0 saturated carbocycles. The molecule has 1 aliphatic heterocycles. The summed E-state index contributed by atoms with van der Waals surface area (Å²) in [6, 6.07) is 0. The van der Waals surface area contributed by atoms with Gasteiger partial charge in [0.05, 0.1) is 5.39 Å². The van der Waals surface area contributed by atoms with E-state index in [1.165, 1.54) is 41.5 Å². The molecule has 4 heterocycles. The minimum atomic E-state index is 0.756. The Labute approximate surface area is 133 Å². The molecule has 114 valence electrons. The molecule has 5 rings (SSSR count). The Morgan fingerprint density at radius 1 is 1.27 bits per heavy atom. The summed E-state index contributed by atoms with van der Waals surface area (Å²) >= 11 is 1.87. The molecule has 1 atom stereocenters. The third-order valence-corrected chi connectivity index (χ3v) is 6.23. The molecule has 22 heavy (non-hydrogen) atoms. The van der Waals surface area contributed by atoms with Crippen LogP contribution in [-0.4, -0.2) is 32.7 Å². The van der Waals surface area contributed by atoms with E-state index in [-0.39, 0.29) is 0 Å². The summed E-state index contributed by atoms with van der Waals surface area (Å²) in [7, 11) is 0. The molecule has 1 saturated heterocycles. The first-order valence-electron chi connectivity index (χ1n) is 8.20. The molecule has 1 aliphatic carbocycles. The van der Waals surface area contributed by atoms with E-state index < -0.39 is 0 Å². The second kappa shape index (κ2) is 4.65.